The van der Waals surface area contributed by atoms with Crippen molar-refractivity contribution in [2.75, 3.05) is 0 Å². The van der Waals surface area contributed by atoms with Crippen LogP contribution in [-0.4, -0.2) is 6.29 Å². The van der Waals surface area contributed by atoms with Crippen LogP contribution in [0.2, 0.25) is 5.02 Å². The van der Waals surface area contributed by atoms with Gasteiger partial charge in [0.15, 0.2) is 6.29 Å². The number of hydrogen-bond acceptors (Lipinski definition) is 2. The Balaban J connectivity index is 2.59. The Hall–Kier alpha value is -1.38. The largest absolute Gasteiger partial charge is 0.297 e. The minimum atomic E-state index is 0.576. The highest BCUT2D eigenvalue weighted by molar-refractivity contribution is 7.21. The molecule has 0 saturated carbocycles. The number of benzene rings is 2. The maximum Gasteiger partial charge on any atom is 0.161 e. The molecule has 0 bridgehead atoms. The number of halogens is 1. The highest BCUT2D eigenvalue weighted by atomic mass is 35.5. The predicted molar refractivity (Wildman–Crippen MR) is 69.7 cm³/mol. The zero-order valence-corrected chi connectivity index (χ0v) is 9.81. The van der Waals surface area contributed by atoms with Crippen molar-refractivity contribution in [1.29, 1.82) is 0 Å². The number of rotatable bonds is 1. The van der Waals surface area contributed by atoms with Gasteiger partial charge in [-0.1, -0.05) is 41.9 Å². The van der Waals surface area contributed by atoms with Crippen LogP contribution >= 0.6 is 22.9 Å². The summed E-state index contributed by atoms with van der Waals surface area (Å²) in [5.74, 6) is 0. The summed E-state index contributed by atoms with van der Waals surface area (Å²) in [6.45, 7) is 0. The second-order valence-corrected chi connectivity index (χ2v) is 5.02. The summed E-state index contributed by atoms with van der Waals surface area (Å²) in [6, 6.07) is 12.1. The second kappa shape index (κ2) is 3.58. The zero-order chi connectivity index (χ0) is 11.1. The molecule has 0 saturated heterocycles. The maximum absolute atomic E-state index is 10.9. The molecule has 0 fully saturated rings. The summed E-state index contributed by atoms with van der Waals surface area (Å²) in [7, 11) is 0. The summed E-state index contributed by atoms with van der Waals surface area (Å²) < 4.78 is 1.06. The molecule has 16 heavy (non-hydrogen) atoms. The number of carbonyl (C=O) groups excluding carboxylic acids is 1. The van der Waals surface area contributed by atoms with Crippen LogP contribution in [0.25, 0.3) is 20.9 Å². The summed E-state index contributed by atoms with van der Waals surface area (Å²) in [5.41, 5.74) is 0. The minimum Gasteiger partial charge on any atom is -0.297 e. The molecule has 0 N–H and O–H groups in total. The molecule has 2 aromatic carbocycles. The Kier molecular flexibility index (Phi) is 2.20. The molecule has 0 atom stereocenters. The lowest BCUT2D eigenvalue weighted by molar-refractivity contribution is 0.112. The molecule has 78 valence electrons. The molecule has 0 radical (unpaired) electrons. The third kappa shape index (κ3) is 1.27. The molecule has 3 aromatic rings. The molecular formula is C13H7ClOS. The molecule has 3 rings (SSSR count). The number of carbonyl (C=O) groups is 1. The van der Waals surface area contributed by atoms with Crippen molar-refractivity contribution in [3.05, 3.63) is 46.3 Å². The second-order valence-electron chi connectivity index (χ2n) is 3.56. The first kappa shape index (κ1) is 9.82. The third-order valence-corrected chi connectivity index (χ3v) is 4.24. The molecular weight excluding hydrogens is 240 g/mol. The molecule has 0 aliphatic heterocycles. The van der Waals surface area contributed by atoms with Gasteiger partial charge in [-0.3, -0.25) is 4.79 Å². The zero-order valence-electron chi connectivity index (χ0n) is 8.24. The van der Waals surface area contributed by atoms with Crippen LogP contribution in [0.1, 0.15) is 9.67 Å². The van der Waals surface area contributed by atoms with Gasteiger partial charge in [0, 0.05) is 10.1 Å². The van der Waals surface area contributed by atoms with E-state index in [4.69, 9.17) is 11.6 Å². The summed E-state index contributed by atoms with van der Waals surface area (Å²) in [5, 5.41) is 3.82. The third-order valence-electron chi connectivity index (χ3n) is 2.65. The van der Waals surface area contributed by atoms with Gasteiger partial charge >= 0.3 is 0 Å². The van der Waals surface area contributed by atoms with E-state index >= 15 is 0 Å². The van der Waals surface area contributed by atoms with Crippen molar-refractivity contribution in [1.82, 2.24) is 0 Å². The Morgan fingerprint density at radius 1 is 1.12 bits per heavy atom. The van der Waals surface area contributed by atoms with E-state index in [0.717, 1.165) is 27.1 Å². The fourth-order valence-electron chi connectivity index (χ4n) is 1.93. The van der Waals surface area contributed by atoms with Crippen LogP contribution in [0, 0.1) is 0 Å². The Morgan fingerprint density at radius 3 is 2.75 bits per heavy atom. The quantitative estimate of drug-likeness (QED) is 0.577. The van der Waals surface area contributed by atoms with E-state index in [1.165, 1.54) is 11.3 Å². The Labute approximate surface area is 101 Å². The predicted octanol–water partition coefficient (Wildman–Crippen LogP) is 4.52. The van der Waals surface area contributed by atoms with Crippen molar-refractivity contribution in [3.63, 3.8) is 0 Å². The maximum atomic E-state index is 10.9. The van der Waals surface area contributed by atoms with Gasteiger partial charge in [0.1, 0.15) is 0 Å². The van der Waals surface area contributed by atoms with Crippen molar-refractivity contribution in [3.8, 4) is 0 Å². The Bertz CT molecular complexity index is 700. The highest BCUT2D eigenvalue weighted by Gasteiger charge is 2.11. The van der Waals surface area contributed by atoms with Crippen LogP contribution in [0.5, 0.6) is 0 Å². The first-order valence-corrected chi connectivity index (χ1v) is 6.05. The van der Waals surface area contributed by atoms with E-state index in [9.17, 15) is 4.79 Å². The lowest BCUT2D eigenvalue weighted by atomic mass is 10.1. The van der Waals surface area contributed by atoms with Crippen LogP contribution in [0.15, 0.2) is 36.4 Å². The smallest absolute Gasteiger partial charge is 0.161 e. The molecule has 0 spiro atoms. The summed E-state index contributed by atoms with van der Waals surface area (Å²) in [6.07, 6.45) is 0.821. The molecule has 0 aliphatic carbocycles. The normalized spacial score (nSPS) is 11.1. The number of thiophene rings is 1. The number of hydrogen-bond donors (Lipinski definition) is 0. The van der Waals surface area contributed by atoms with E-state index in [2.05, 4.69) is 6.07 Å². The first-order chi connectivity index (χ1) is 7.81. The number of aldehydes is 1. The number of fused-ring (bicyclic) bond motifs is 3. The highest BCUT2D eigenvalue weighted by Crippen LogP contribution is 2.38. The molecule has 0 amide bonds. The van der Waals surface area contributed by atoms with Gasteiger partial charge in [-0.15, -0.1) is 11.3 Å². The Morgan fingerprint density at radius 2 is 1.94 bits per heavy atom. The van der Waals surface area contributed by atoms with E-state index < -0.39 is 0 Å². The standard InChI is InChI=1S/C13H7ClOS/c14-13-11(7-15)16-10-6-5-8-3-1-2-4-9(8)12(10)13/h1-7H. The van der Waals surface area contributed by atoms with Crippen molar-refractivity contribution in [2.45, 2.75) is 0 Å². The first-order valence-electron chi connectivity index (χ1n) is 4.86. The molecule has 3 heteroatoms. The van der Waals surface area contributed by atoms with Crippen LogP contribution < -0.4 is 0 Å². The van der Waals surface area contributed by atoms with Crippen molar-refractivity contribution in [2.24, 2.45) is 0 Å². The van der Waals surface area contributed by atoms with Crippen LogP contribution in [0.3, 0.4) is 0 Å². The van der Waals surface area contributed by atoms with Crippen molar-refractivity contribution >= 4 is 50.1 Å². The van der Waals surface area contributed by atoms with E-state index in [-0.39, 0.29) is 0 Å². The monoisotopic (exact) mass is 246 g/mol. The van der Waals surface area contributed by atoms with Gasteiger partial charge in [-0.05, 0) is 16.8 Å². The van der Waals surface area contributed by atoms with Gasteiger partial charge in [0.05, 0.1) is 9.90 Å². The summed E-state index contributed by atoms with van der Waals surface area (Å²) >= 11 is 7.65. The summed E-state index contributed by atoms with van der Waals surface area (Å²) in [4.78, 5) is 11.5. The fourth-order valence-corrected chi connectivity index (χ4v) is 3.27. The topological polar surface area (TPSA) is 17.1 Å². The van der Waals surface area contributed by atoms with Gasteiger partial charge in [0.2, 0.25) is 0 Å². The van der Waals surface area contributed by atoms with Gasteiger partial charge in [-0.25, -0.2) is 0 Å². The molecule has 1 aromatic heterocycles. The van der Waals surface area contributed by atoms with Crippen LogP contribution in [0.4, 0.5) is 0 Å². The van der Waals surface area contributed by atoms with Gasteiger partial charge in [-0.2, -0.15) is 0 Å². The fraction of sp³-hybridized carbons (Fsp3) is 0. The lowest BCUT2D eigenvalue weighted by Crippen LogP contribution is -1.74. The van der Waals surface area contributed by atoms with E-state index in [0.29, 0.717) is 9.90 Å². The SMILES string of the molecule is O=Cc1sc2ccc3ccccc3c2c1Cl. The molecule has 1 nitrogen and oxygen atoms in total. The molecule has 0 unspecified atom stereocenters. The molecule has 1 heterocycles. The van der Waals surface area contributed by atoms with Crippen molar-refractivity contribution < 1.29 is 4.79 Å². The lowest BCUT2D eigenvalue weighted by Gasteiger charge is -1.99. The van der Waals surface area contributed by atoms with E-state index in [1.807, 2.05) is 30.3 Å². The average Bonchev–Trinajstić information content (AvgIpc) is 2.66. The van der Waals surface area contributed by atoms with Crippen LogP contribution in [-0.2, 0) is 0 Å². The minimum absolute atomic E-state index is 0.576. The van der Waals surface area contributed by atoms with E-state index in [1.54, 1.807) is 0 Å². The molecule has 0 aliphatic rings. The average molecular weight is 247 g/mol. The van der Waals surface area contributed by atoms with Gasteiger partial charge in [0.25, 0.3) is 0 Å². The van der Waals surface area contributed by atoms with Gasteiger partial charge < -0.3 is 0 Å².